The van der Waals surface area contributed by atoms with Gasteiger partial charge in [-0.05, 0) is 81.6 Å². The first-order chi connectivity index (χ1) is 12.0. The number of carbonyl (C=O) groups excluding carboxylic acids is 1. The molecule has 1 amide bonds. The monoisotopic (exact) mass is 342 g/mol. The first kappa shape index (κ1) is 16.4. The fourth-order valence-corrected chi connectivity index (χ4v) is 8.18. The van der Waals surface area contributed by atoms with Gasteiger partial charge in [0, 0.05) is 31.0 Å². The number of fused-ring (bicyclic) bond motifs is 4. The van der Waals surface area contributed by atoms with Crippen LogP contribution in [0, 0.1) is 34.5 Å². The molecule has 5 aliphatic rings. The summed E-state index contributed by atoms with van der Waals surface area (Å²) in [6.07, 6.45) is 13.0. The average molecular weight is 343 g/mol. The van der Waals surface area contributed by atoms with Gasteiger partial charge in [-0.25, -0.2) is 0 Å². The highest BCUT2D eigenvalue weighted by Crippen LogP contribution is 2.67. The minimum absolute atomic E-state index is 0.330. The fraction of sp³-hybridized carbons (Fsp3) is 0.864. The Balaban J connectivity index is 1.47. The molecule has 0 aromatic rings. The number of amides is 1. The van der Waals surface area contributed by atoms with E-state index in [2.05, 4.69) is 30.3 Å². The summed E-state index contributed by atoms with van der Waals surface area (Å²) in [5, 5.41) is 3.52. The highest BCUT2D eigenvalue weighted by Gasteiger charge is 2.64. The van der Waals surface area contributed by atoms with Gasteiger partial charge in [0.2, 0.25) is 5.91 Å². The van der Waals surface area contributed by atoms with Crippen molar-refractivity contribution >= 4 is 5.91 Å². The van der Waals surface area contributed by atoms with Crippen molar-refractivity contribution in [2.24, 2.45) is 34.5 Å². The number of hydrogen-bond donors (Lipinski definition) is 1. The van der Waals surface area contributed by atoms with Crippen molar-refractivity contribution in [3.63, 3.8) is 0 Å². The SMILES string of the molecule is CN[C@H]1CC[C@@]2(C)C(=CC[C@H]3[C@@H]4CC[C@@H]5C(=O)N(C)C[C@@]54CC[C@@H]32)C1. The molecule has 25 heavy (non-hydrogen) atoms. The van der Waals surface area contributed by atoms with Crippen LogP contribution in [0.3, 0.4) is 0 Å². The van der Waals surface area contributed by atoms with Gasteiger partial charge in [0.25, 0.3) is 0 Å². The molecule has 4 fully saturated rings. The van der Waals surface area contributed by atoms with Gasteiger partial charge >= 0.3 is 0 Å². The van der Waals surface area contributed by atoms with E-state index in [0.717, 1.165) is 30.7 Å². The maximum absolute atomic E-state index is 12.7. The molecule has 0 bridgehead atoms. The predicted octanol–water partition coefficient (Wildman–Crippen LogP) is 3.61. The van der Waals surface area contributed by atoms with Crippen LogP contribution in [0.4, 0.5) is 0 Å². The van der Waals surface area contributed by atoms with Gasteiger partial charge in [-0.2, -0.15) is 0 Å². The van der Waals surface area contributed by atoms with E-state index in [1.54, 1.807) is 5.57 Å². The van der Waals surface area contributed by atoms with Gasteiger partial charge in [0.15, 0.2) is 0 Å². The smallest absolute Gasteiger partial charge is 0.226 e. The Kier molecular flexibility index (Phi) is 3.49. The Hall–Kier alpha value is -0.830. The largest absolute Gasteiger partial charge is 0.345 e. The lowest BCUT2D eigenvalue weighted by atomic mass is 9.47. The van der Waals surface area contributed by atoms with Crippen LogP contribution in [-0.4, -0.2) is 37.5 Å². The molecule has 7 atom stereocenters. The summed E-state index contributed by atoms with van der Waals surface area (Å²) in [6, 6.07) is 0.683. The van der Waals surface area contributed by atoms with E-state index in [4.69, 9.17) is 0 Å². The van der Waals surface area contributed by atoms with Gasteiger partial charge in [-0.3, -0.25) is 4.79 Å². The molecule has 4 aliphatic carbocycles. The molecule has 0 aromatic carbocycles. The van der Waals surface area contributed by atoms with Crippen molar-refractivity contribution in [1.82, 2.24) is 10.2 Å². The third kappa shape index (κ3) is 1.99. The van der Waals surface area contributed by atoms with Crippen molar-refractivity contribution in [3.8, 4) is 0 Å². The molecule has 1 spiro atoms. The van der Waals surface area contributed by atoms with E-state index >= 15 is 0 Å². The number of allylic oxidation sites excluding steroid dienone is 1. The average Bonchev–Trinajstić information content (AvgIpc) is 3.09. The summed E-state index contributed by atoms with van der Waals surface area (Å²) in [4.78, 5) is 14.7. The van der Waals surface area contributed by atoms with Crippen LogP contribution >= 0.6 is 0 Å². The Bertz CT molecular complexity index is 628. The second-order valence-electron chi connectivity index (χ2n) is 10.1. The lowest BCUT2D eigenvalue weighted by Crippen LogP contribution is -2.52. The van der Waals surface area contributed by atoms with Crippen LogP contribution in [0.1, 0.15) is 58.3 Å². The minimum atomic E-state index is 0.330. The third-order valence-electron chi connectivity index (χ3n) is 9.43. The molecule has 5 rings (SSSR count). The normalized spacial score (nSPS) is 51.5. The maximum Gasteiger partial charge on any atom is 0.226 e. The lowest BCUT2D eigenvalue weighted by molar-refractivity contribution is -0.130. The molecule has 1 saturated heterocycles. The molecule has 1 aliphatic heterocycles. The summed E-state index contributed by atoms with van der Waals surface area (Å²) < 4.78 is 0. The number of nitrogens with one attached hydrogen (secondary N) is 1. The van der Waals surface area contributed by atoms with Crippen molar-refractivity contribution in [2.75, 3.05) is 20.6 Å². The zero-order chi connectivity index (χ0) is 17.4. The molecule has 0 radical (unpaired) electrons. The van der Waals surface area contributed by atoms with Crippen LogP contribution in [0.2, 0.25) is 0 Å². The van der Waals surface area contributed by atoms with E-state index in [1.807, 2.05) is 7.05 Å². The fourth-order valence-electron chi connectivity index (χ4n) is 8.18. The predicted molar refractivity (Wildman–Crippen MR) is 100 cm³/mol. The number of likely N-dealkylation sites (tertiary alicyclic amines) is 1. The maximum atomic E-state index is 12.7. The molecule has 3 saturated carbocycles. The highest BCUT2D eigenvalue weighted by molar-refractivity contribution is 5.82. The van der Waals surface area contributed by atoms with Crippen LogP contribution < -0.4 is 5.32 Å². The highest BCUT2D eigenvalue weighted by atomic mass is 16.2. The Morgan fingerprint density at radius 3 is 2.80 bits per heavy atom. The van der Waals surface area contributed by atoms with Crippen LogP contribution in [0.5, 0.6) is 0 Å². The zero-order valence-corrected chi connectivity index (χ0v) is 16.2. The summed E-state index contributed by atoms with van der Waals surface area (Å²) in [5.74, 6) is 3.29. The first-order valence-electron chi connectivity index (χ1n) is 10.6. The van der Waals surface area contributed by atoms with Gasteiger partial charge in [0.1, 0.15) is 0 Å². The Morgan fingerprint density at radius 1 is 1.16 bits per heavy atom. The van der Waals surface area contributed by atoms with Crippen LogP contribution in [0.15, 0.2) is 11.6 Å². The quantitative estimate of drug-likeness (QED) is 0.739. The minimum Gasteiger partial charge on any atom is -0.345 e. The molecule has 138 valence electrons. The van der Waals surface area contributed by atoms with E-state index in [-0.39, 0.29) is 0 Å². The van der Waals surface area contributed by atoms with Gasteiger partial charge in [-0.15, -0.1) is 0 Å². The molecule has 3 heteroatoms. The first-order valence-corrected chi connectivity index (χ1v) is 10.6. The standard InChI is InChI=1S/C22H34N2O/c1-21-10-8-15(23-2)12-14(21)4-5-16-17(21)9-11-22-13-24(3)20(25)19(22)7-6-18(16)22/h4,15-19,23H,5-13H2,1-3H3/t15-,16+,17-,18-,19+,21-,22+/m0/s1. The lowest BCUT2D eigenvalue weighted by Gasteiger charge is -2.58. The molecule has 1 heterocycles. The Labute approximate surface area is 152 Å². The molecule has 3 nitrogen and oxygen atoms in total. The summed E-state index contributed by atoms with van der Waals surface area (Å²) >= 11 is 0. The second-order valence-corrected chi connectivity index (χ2v) is 10.1. The molecule has 0 aromatic heterocycles. The molecular weight excluding hydrogens is 308 g/mol. The number of rotatable bonds is 1. The van der Waals surface area contributed by atoms with Gasteiger partial charge in [0.05, 0.1) is 0 Å². The number of nitrogens with zero attached hydrogens (tertiary/aromatic N) is 1. The Morgan fingerprint density at radius 2 is 2.00 bits per heavy atom. The van der Waals surface area contributed by atoms with E-state index < -0.39 is 0 Å². The topological polar surface area (TPSA) is 32.3 Å². The second kappa shape index (κ2) is 5.34. The number of hydrogen-bond acceptors (Lipinski definition) is 2. The number of carbonyl (C=O) groups is 1. The third-order valence-corrected chi connectivity index (χ3v) is 9.43. The summed E-state index contributed by atoms with van der Waals surface area (Å²) in [5.41, 5.74) is 2.52. The van der Waals surface area contributed by atoms with E-state index in [0.29, 0.717) is 28.7 Å². The van der Waals surface area contributed by atoms with Crippen molar-refractivity contribution in [2.45, 2.75) is 64.3 Å². The van der Waals surface area contributed by atoms with E-state index in [1.165, 1.54) is 44.9 Å². The molecular formula is C22H34N2O. The van der Waals surface area contributed by atoms with Crippen molar-refractivity contribution < 1.29 is 4.79 Å². The van der Waals surface area contributed by atoms with Crippen molar-refractivity contribution in [1.29, 1.82) is 0 Å². The van der Waals surface area contributed by atoms with Crippen LogP contribution in [-0.2, 0) is 4.79 Å². The van der Waals surface area contributed by atoms with Crippen LogP contribution in [0.25, 0.3) is 0 Å². The molecule has 1 N–H and O–H groups in total. The van der Waals surface area contributed by atoms with Gasteiger partial charge in [-0.1, -0.05) is 18.6 Å². The summed E-state index contributed by atoms with van der Waals surface area (Å²) in [6.45, 7) is 3.62. The van der Waals surface area contributed by atoms with E-state index in [9.17, 15) is 4.79 Å². The van der Waals surface area contributed by atoms with Crippen molar-refractivity contribution in [3.05, 3.63) is 11.6 Å². The zero-order valence-electron chi connectivity index (χ0n) is 16.2. The van der Waals surface area contributed by atoms with Gasteiger partial charge < -0.3 is 10.2 Å². The molecule has 0 unspecified atom stereocenters. The summed E-state index contributed by atoms with van der Waals surface area (Å²) in [7, 11) is 4.16.